The van der Waals surface area contributed by atoms with Gasteiger partial charge in [0.15, 0.2) is 0 Å². The summed E-state index contributed by atoms with van der Waals surface area (Å²) in [6, 6.07) is 7.23. The van der Waals surface area contributed by atoms with Gasteiger partial charge in [0.1, 0.15) is 0 Å². The Labute approximate surface area is 115 Å². The second kappa shape index (κ2) is 5.41. The number of nitrogens with one attached hydrogen (secondary N) is 1. The highest BCUT2D eigenvalue weighted by atomic mass is 16.5. The van der Waals surface area contributed by atoms with E-state index in [-0.39, 0.29) is 0 Å². The van der Waals surface area contributed by atoms with Crippen molar-refractivity contribution >= 4 is 11.4 Å². The van der Waals surface area contributed by atoms with Crippen LogP contribution in [-0.4, -0.2) is 31.8 Å². The number of hydrogen-bond donors (Lipinski definition) is 1. The zero-order valence-electron chi connectivity index (χ0n) is 12.0. The molecule has 2 aliphatic rings. The molecule has 0 aliphatic carbocycles. The van der Waals surface area contributed by atoms with Crippen LogP contribution in [0.4, 0.5) is 11.4 Å². The summed E-state index contributed by atoms with van der Waals surface area (Å²) in [5.74, 6) is 0. The van der Waals surface area contributed by atoms with Crippen LogP contribution in [0.5, 0.6) is 0 Å². The van der Waals surface area contributed by atoms with Crippen molar-refractivity contribution in [3.8, 4) is 0 Å². The molecule has 1 aromatic rings. The van der Waals surface area contributed by atoms with Crippen LogP contribution in [0.25, 0.3) is 0 Å². The van der Waals surface area contributed by atoms with E-state index in [2.05, 4.69) is 42.3 Å². The lowest BCUT2D eigenvalue weighted by Gasteiger charge is -2.41. The van der Waals surface area contributed by atoms with Gasteiger partial charge in [-0.25, -0.2) is 0 Å². The van der Waals surface area contributed by atoms with Crippen molar-refractivity contribution in [2.24, 2.45) is 0 Å². The summed E-state index contributed by atoms with van der Waals surface area (Å²) in [4.78, 5) is 2.55. The van der Waals surface area contributed by atoms with Gasteiger partial charge in [-0.05, 0) is 37.8 Å². The van der Waals surface area contributed by atoms with Crippen molar-refractivity contribution in [1.29, 1.82) is 0 Å². The average Bonchev–Trinajstić information content (AvgIpc) is 2.46. The molecule has 19 heavy (non-hydrogen) atoms. The van der Waals surface area contributed by atoms with E-state index in [1.807, 2.05) is 0 Å². The molecule has 2 atom stereocenters. The minimum absolute atomic E-state index is 0.322. The normalized spacial score (nSPS) is 26.7. The standard InChI is InChI=1S/C16H24N2O/c1-3-14-11-19-12(2)10-18(14)15-8-4-6-13-7-5-9-17-16(13)15/h4,6,8,12,14,17H,3,5,7,9-11H2,1-2H3. The molecule has 0 saturated carbocycles. The van der Waals surface area contributed by atoms with E-state index < -0.39 is 0 Å². The maximum Gasteiger partial charge on any atom is 0.0723 e. The number of ether oxygens (including phenoxy) is 1. The van der Waals surface area contributed by atoms with Gasteiger partial charge in [0, 0.05) is 13.1 Å². The first-order valence-corrected chi connectivity index (χ1v) is 7.53. The molecule has 0 radical (unpaired) electrons. The Kier molecular flexibility index (Phi) is 3.65. The number of fused-ring (bicyclic) bond motifs is 1. The van der Waals surface area contributed by atoms with E-state index in [9.17, 15) is 0 Å². The first-order valence-electron chi connectivity index (χ1n) is 7.53. The van der Waals surface area contributed by atoms with Gasteiger partial charge in [-0.15, -0.1) is 0 Å². The van der Waals surface area contributed by atoms with E-state index in [0.717, 1.165) is 26.1 Å². The maximum absolute atomic E-state index is 5.82. The lowest BCUT2D eigenvalue weighted by molar-refractivity contribution is 0.0300. The van der Waals surface area contributed by atoms with E-state index in [1.54, 1.807) is 0 Å². The summed E-state index contributed by atoms with van der Waals surface area (Å²) < 4.78 is 5.82. The topological polar surface area (TPSA) is 24.5 Å². The predicted molar refractivity (Wildman–Crippen MR) is 80.1 cm³/mol. The highest BCUT2D eigenvalue weighted by Gasteiger charge is 2.28. The number of para-hydroxylation sites is 1. The maximum atomic E-state index is 5.82. The Hall–Kier alpha value is -1.22. The fraction of sp³-hybridized carbons (Fsp3) is 0.625. The number of rotatable bonds is 2. The molecule has 0 amide bonds. The fourth-order valence-corrected chi connectivity index (χ4v) is 3.21. The highest BCUT2D eigenvalue weighted by Crippen LogP contribution is 2.35. The molecule has 1 aromatic carbocycles. The molecule has 3 heteroatoms. The first kappa shape index (κ1) is 12.8. The molecule has 1 saturated heterocycles. The largest absolute Gasteiger partial charge is 0.383 e. The quantitative estimate of drug-likeness (QED) is 0.884. The smallest absolute Gasteiger partial charge is 0.0723 e. The van der Waals surface area contributed by atoms with Crippen LogP contribution in [-0.2, 0) is 11.2 Å². The second-order valence-electron chi connectivity index (χ2n) is 5.70. The van der Waals surface area contributed by atoms with Gasteiger partial charge in [0.2, 0.25) is 0 Å². The third-order valence-electron chi connectivity index (χ3n) is 4.30. The van der Waals surface area contributed by atoms with Crippen LogP contribution in [0.2, 0.25) is 0 Å². The molecule has 3 nitrogen and oxygen atoms in total. The van der Waals surface area contributed by atoms with Crippen molar-refractivity contribution in [2.75, 3.05) is 29.9 Å². The minimum atomic E-state index is 0.322. The van der Waals surface area contributed by atoms with Crippen molar-refractivity contribution in [1.82, 2.24) is 0 Å². The Bertz CT molecular complexity index is 446. The van der Waals surface area contributed by atoms with Crippen molar-refractivity contribution in [3.05, 3.63) is 23.8 Å². The van der Waals surface area contributed by atoms with Gasteiger partial charge in [-0.2, -0.15) is 0 Å². The number of hydrogen-bond acceptors (Lipinski definition) is 3. The van der Waals surface area contributed by atoms with Gasteiger partial charge in [0.25, 0.3) is 0 Å². The van der Waals surface area contributed by atoms with Crippen molar-refractivity contribution < 1.29 is 4.74 Å². The van der Waals surface area contributed by atoms with Gasteiger partial charge in [-0.1, -0.05) is 19.1 Å². The minimum Gasteiger partial charge on any atom is -0.383 e. The monoisotopic (exact) mass is 260 g/mol. The molecule has 0 aromatic heterocycles. The molecule has 3 rings (SSSR count). The summed E-state index contributed by atoms with van der Waals surface area (Å²) >= 11 is 0. The van der Waals surface area contributed by atoms with Crippen molar-refractivity contribution in [2.45, 2.75) is 45.3 Å². The second-order valence-corrected chi connectivity index (χ2v) is 5.70. The van der Waals surface area contributed by atoms with Crippen LogP contribution < -0.4 is 10.2 Å². The summed E-state index contributed by atoms with van der Waals surface area (Å²) in [7, 11) is 0. The average molecular weight is 260 g/mol. The van der Waals surface area contributed by atoms with E-state index >= 15 is 0 Å². The highest BCUT2D eigenvalue weighted by molar-refractivity contribution is 5.75. The predicted octanol–water partition coefficient (Wildman–Crippen LogP) is 3.05. The van der Waals surface area contributed by atoms with Gasteiger partial charge in [-0.3, -0.25) is 0 Å². The third kappa shape index (κ3) is 2.44. The van der Waals surface area contributed by atoms with E-state index in [1.165, 1.54) is 29.8 Å². The fourth-order valence-electron chi connectivity index (χ4n) is 3.21. The number of benzene rings is 1. The van der Waals surface area contributed by atoms with E-state index in [0.29, 0.717) is 12.1 Å². The zero-order chi connectivity index (χ0) is 13.2. The lowest BCUT2D eigenvalue weighted by Crippen LogP contribution is -2.49. The Morgan fingerprint density at radius 1 is 1.42 bits per heavy atom. The molecule has 2 aliphatic heterocycles. The third-order valence-corrected chi connectivity index (χ3v) is 4.30. The SMILES string of the molecule is CCC1COC(C)CN1c1cccc2c1NCCC2. The van der Waals surface area contributed by atoms with Gasteiger partial charge >= 0.3 is 0 Å². The first-order chi connectivity index (χ1) is 9.29. The molecule has 0 spiro atoms. The van der Waals surface area contributed by atoms with Gasteiger partial charge < -0.3 is 15.0 Å². The van der Waals surface area contributed by atoms with Crippen LogP contribution >= 0.6 is 0 Å². The molecule has 2 heterocycles. The molecule has 104 valence electrons. The van der Waals surface area contributed by atoms with Crippen LogP contribution in [0.3, 0.4) is 0 Å². The summed E-state index contributed by atoms with van der Waals surface area (Å²) in [5, 5.41) is 3.61. The summed E-state index contributed by atoms with van der Waals surface area (Å²) in [6.45, 7) is 7.36. The van der Waals surface area contributed by atoms with Crippen LogP contribution in [0.15, 0.2) is 18.2 Å². The van der Waals surface area contributed by atoms with Gasteiger partial charge in [0.05, 0.1) is 30.1 Å². The number of morpholine rings is 1. The Morgan fingerprint density at radius 3 is 3.16 bits per heavy atom. The van der Waals surface area contributed by atoms with Crippen LogP contribution in [0.1, 0.15) is 32.3 Å². The molecule has 2 unspecified atom stereocenters. The Balaban J connectivity index is 1.95. The molecular weight excluding hydrogens is 236 g/mol. The molecule has 1 N–H and O–H groups in total. The number of anilines is 2. The van der Waals surface area contributed by atoms with Crippen LogP contribution in [0, 0.1) is 0 Å². The Morgan fingerprint density at radius 2 is 2.32 bits per heavy atom. The van der Waals surface area contributed by atoms with Crippen molar-refractivity contribution in [3.63, 3.8) is 0 Å². The molecular formula is C16H24N2O. The summed E-state index contributed by atoms with van der Waals surface area (Å²) in [6.07, 6.45) is 3.90. The molecule has 1 fully saturated rings. The van der Waals surface area contributed by atoms with E-state index in [4.69, 9.17) is 4.74 Å². The molecule has 0 bridgehead atoms. The summed E-state index contributed by atoms with van der Waals surface area (Å²) in [5.41, 5.74) is 4.21. The zero-order valence-corrected chi connectivity index (χ0v) is 12.0. The number of nitrogens with zero attached hydrogens (tertiary/aromatic N) is 1. The number of aryl methyl sites for hydroxylation is 1. The lowest BCUT2D eigenvalue weighted by atomic mass is 10.00.